The molecule has 0 bridgehead atoms. The molecule has 0 atom stereocenters. The second-order valence-electron chi connectivity index (χ2n) is 8.31. The van der Waals surface area contributed by atoms with E-state index in [0.29, 0.717) is 45.9 Å². The number of nitrogens with zero attached hydrogens (tertiary/aromatic N) is 2. The minimum Gasteiger partial charge on any atom is -0.445 e. The maximum Gasteiger partial charge on any atom is 0.282 e. The maximum atomic E-state index is 12.7. The normalized spacial score (nSPS) is 27.6. The highest BCUT2D eigenvalue weighted by Gasteiger charge is 2.43. The second-order valence-corrected chi connectivity index (χ2v) is 8.31. The van der Waals surface area contributed by atoms with Crippen molar-refractivity contribution in [1.82, 2.24) is 9.88 Å². The van der Waals surface area contributed by atoms with Crippen molar-refractivity contribution in [2.24, 2.45) is 5.92 Å². The molecule has 0 saturated carbocycles. The molecule has 3 rings (SSSR count). The van der Waals surface area contributed by atoms with Gasteiger partial charge in [0, 0.05) is 30.8 Å². The van der Waals surface area contributed by atoms with Crippen molar-refractivity contribution in [2.45, 2.75) is 52.2 Å². The van der Waals surface area contributed by atoms with Crippen LogP contribution in [0.2, 0.25) is 0 Å². The van der Waals surface area contributed by atoms with Crippen molar-refractivity contribution < 1.29 is 23.4 Å². The van der Waals surface area contributed by atoms with Gasteiger partial charge in [-0.15, -0.1) is 0 Å². The number of oxazole rings is 1. The first kappa shape index (κ1) is 19.3. The van der Waals surface area contributed by atoms with Crippen LogP contribution in [0.1, 0.15) is 45.0 Å². The Morgan fingerprint density at radius 2 is 1.85 bits per heavy atom. The minimum atomic E-state index is -1.21. The van der Waals surface area contributed by atoms with Gasteiger partial charge in [-0.3, -0.25) is 4.79 Å². The fourth-order valence-corrected chi connectivity index (χ4v) is 3.15. The lowest BCUT2D eigenvalue weighted by atomic mass is 9.97. The fraction of sp³-hybridized carbons (Fsp3) is 0.789. The molecule has 0 radical (unpaired) electrons. The van der Waals surface area contributed by atoms with Gasteiger partial charge in [-0.2, -0.15) is 0 Å². The van der Waals surface area contributed by atoms with Crippen LogP contribution in [0.3, 0.4) is 0 Å². The third kappa shape index (κ3) is 4.10. The summed E-state index contributed by atoms with van der Waals surface area (Å²) in [6.07, 6.45) is 0.716. The van der Waals surface area contributed by atoms with E-state index in [-0.39, 0.29) is 17.2 Å². The number of aromatic nitrogens is 1. The highest BCUT2D eigenvalue weighted by molar-refractivity contribution is 5.83. The molecule has 3 heterocycles. The summed E-state index contributed by atoms with van der Waals surface area (Å²) in [7, 11) is 0. The van der Waals surface area contributed by atoms with Gasteiger partial charge < -0.3 is 23.5 Å². The number of rotatable bonds is 3. The summed E-state index contributed by atoms with van der Waals surface area (Å²) < 4.78 is 22.8. The van der Waals surface area contributed by atoms with Crippen LogP contribution in [0.25, 0.3) is 0 Å². The summed E-state index contributed by atoms with van der Waals surface area (Å²) >= 11 is 0. The van der Waals surface area contributed by atoms with Gasteiger partial charge in [0.2, 0.25) is 5.79 Å². The number of hydrogen-bond donors (Lipinski definition) is 0. The standard InChI is InChI=1S/C19H30N2O5/c1-13-15(20-16(26-13)18(2,3)4)10-14-11-24-19(5,25-12-14)17(22)21-6-8-23-9-7-21/h14H,6-12H2,1-5H3. The van der Waals surface area contributed by atoms with Gasteiger partial charge in [0.05, 0.1) is 32.1 Å². The van der Waals surface area contributed by atoms with Crippen LogP contribution >= 0.6 is 0 Å². The molecule has 2 fully saturated rings. The van der Waals surface area contributed by atoms with Crippen LogP contribution in [0.4, 0.5) is 0 Å². The van der Waals surface area contributed by atoms with Crippen molar-refractivity contribution in [3.63, 3.8) is 0 Å². The van der Waals surface area contributed by atoms with Crippen LogP contribution < -0.4 is 0 Å². The van der Waals surface area contributed by atoms with E-state index in [1.165, 1.54) is 0 Å². The number of ether oxygens (including phenoxy) is 3. The molecule has 26 heavy (non-hydrogen) atoms. The van der Waals surface area contributed by atoms with Crippen molar-refractivity contribution in [3.05, 3.63) is 17.3 Å². The van der Waals surface area contributed by atoms with E-state index in [4.69, 9.17) is 18.6 Å². The zero-order valence-electron chi connectivity index (χ0n) is 16.5. The smallest absolute Gasteiger partial charge is 0.282 e. The Bertz CT molecular complexity index is 635. The van der Waals surface area contributed by atoms with E-state index < -0.39 is 5.79 Å². The van der Waals surface area contributed by atoms with Gasteiger partial charge in [0.1, 0.15) is 5.76 Å². The predicted molar refractivity (Wildman–Crippen MR) is 94.8 cm³/mol. The van der Waals surface area contributed by atoms with Crippen LogP contribution in [0, 0.1) is 12.8 Å². The molecule has 0 aliphatic carbocycles. The van der Waals surface area contributed by atoms with Gasteiger partial charge in [0.25, 0.3) is 5.91 Å². The van der Waals surface area contributed by atoms with Gasteiger partial charge >= 0.3 is 0 Å². The average Bonchev–Trinajstić information content (AvgIpc) is 2.98. The number of hydrogen-bond acceptors (Lipinski definition) is 6. The molecular formula is C19H30N2O5. The molecule has 1 amide bonds. The number of amides is 1. The molecular weight excluding hydrogens is 336 g/mol. The molecule has 1 aromatic rings. The predicted octanol–water partition coefficient (Wildman–Crippen LogP) is 2.06. The zero-order valence-corrected chi connectivity index (χ0v) is 16.5. The first-order valence-electron chi connectivity index (χ1n) is 9.31. The van der Waals surface area contributed by atoms with E-state index >= 15 is 0 Å². The number of aryl methyl sites for hydroxylation is 1. The summed E-state index contributed by atoms with van der Waals surface area (Å²) in [6, 6.07) is 0. The molecule has 1 aromatic heterocycles. The quantitative estimate of drug-likeness (QED) is 0.815. The topological polar surface area (TPSA) is 74.0 Å². The SMILES string of the molecule is Cc1oc(C(C)(C)C)nc1CC1COC(C)(C(=O)N2CCOCC2)OC1. The molecule has 0 unspecified atom stereocenters. The van der Waals surface area contributed by atoms with Gasteiger partial charge in [-0.1, -0.05) is 20.8 Å². The maximum absolute atomic E-state index is 12.7. The lowest BCUT2D eigenvalue weighted by Gasteiger charge is -2.40. The Hall–Kier alpha value is -1.44. The van der Waals surface area contributed by atoms with E-state index in [1.807, 2.05) is 6.92 Å². The van der Waals surface area contributed by atoms with Crippen molar-refractivity contribution in [1.29, 1.82) is 0 Å². The average molecular weight is 366 g/mol. The fourth-order valence-electron chi connectivity index (χ4n) is 3.15. The largest absolute Gasteiger partial charge is 0.445 e. The van der Waals surface area contributed by atoms with Gasteiger partial charge in [-0.25, -0.2) is 4.98 Å². The molecule has 7 nitrogen and oxygen atoms in total. The zero-order chi connectivity index (χ0) is 18.9. The summed E-state index contributed by atoms with van der Waals surface area (Å²) in [5.74, 6) is 0.412. The Labute approximate surface area is 155 Å². The molecule has 7 heteroatoms. The lowest BCUT2D eigenvalue weighted by Crippen LogP contribution is -2.56. The van der Waals surface area contributed by atoms with Crippen LogP contribution in [0.5, 0.6) is 0 Å². The number of carbonyl (C=O) groups excluding carboxylic acids is 1. The molecule has 2 saturated heterocycles. The third-order valence-electron chi connectivity index (χ3n) is 4.89. The second kappa shape index (κ2) is 7.29. The number of morpholine rings is 1. The van der Waals surface area contributed by atoms with Crippen molar-refractivity contribution in [2.75, 3.05) is 39.5 Å². The molecule has 0 spiro atoms. The Morgan fingerprint density at radius 1 is 1.23 bits per heavy atom. The highest BCUT2D eigenvalue weighted by Crippen LogP contribution is 2.28. The monoisotopic (exact) mass is 366 g/mol. The lowest BCUT2D eigenvalue weighted by molar-refractivity contribution is -0.267. The third-order valence-corrected chi connectivity index (χ3v) is 4.89. The van der Waals surface area contributed by atoms with Crippen LogP contribution in [-0.4, -0.2) is 61.1 Å². The molecule has 0 N–H and O–H groups in total. The first-order valence-corrected chi connectivity index (χ1v) is 9.31. The van der Waals surface area contributed by atoms with Gasteiger partial charge in [0.15, 0.2) is 5.89 Å². The minimum absolute atomic E-state index is 0.119. The van der Waals surface area contributed by atoms with Crippen LogP contribution in [-0.2, 0) is 30.8 Å². The van der Waals surface area contributed by atoms with E-state index in [9.17, 15) is 4.79 Å². The summed E-state index contributed by atoms with van der Waals surface area (Å²) in [4.78, 5) is 19.1. The van der Waals surface area contributed by atoms with E-state index in [2.05, 4.69) is 25.8 Å². The number of carbonyl (C=O) groups is 1. The highest BCUT2D eigenvalue weighted by atomic mass is 16.7. The molecule has 2 aliphatic rings. The Morgan fingerprint density at radius 3 is 2.38 bits per heavy atom. The van der Waals surface area contributed by atoms with Crippen molar-refractivity contribution >= 4 is 5.91 Å². The Kier molecular flexibility index (Phi) is 5.42. The van der Waals surface area contributed by atoms with E-state index in [0.717, 1.165) is 17.3 Å². The van der Waals surface area contributed by atoms with E-state index in [1.54, 1.807) is 11.8 Å². The summed E-state index contributed by atoms with van der Waals surface area (Å²) in [6.45, 7) is 13.1. The molecule has 2 aliphatic heterocycles. The van der Waals surface area contributed by atoms with Gasteiger partial charge in [-0.05, 0) is 13.8 Å². The van der Waals surface area contributed by atoms with Crippen LogP contribution in [0.15, 0.2) is 4.42 Å². The molecule has 146 valence electrons. The molecule has 0 aromatic carbocycles. The summed E-state index contributed by atoms with van der Waals surface area (Å²) in [5.41, 5.74) is 0.821. The van der Waals surface area contributed by atoms with Crippen molar-refractivity contribution in [3.8, 4) is 0 Å². The Balaban J connectivity index is 1.58. The first-order chi connectivity index (χ1) is 12.2. The summed E-state index contributed by atoms with van der Waals surface area (Å²) in [5, 5.41) is 0.